The normalized spacial score (nSPS) is 15.0. The highest BCUT2D eigenvalue weighted by molar-refractivity contribution is 6.04. The summed E-state index contributed by atoms with van der Waals surface area (Å²) < 4.78 is 44.3. The molecule has 0 radical (unpaired) electrons. The molecule has 1 saturated heterocycles. The summed E-state index contributed by atoms with van der Waals surface area (Å²) in [6.45, 7) is 2.68. The van der Waals surface area contributed by atoms with Crippen LogP contribution in [0.2, 0.25) is 0 Å². The minimum absolute atomic E-state index is 0. The number of piperazine rings is 1. The first kappa shape index (κ1) is 25.0. The molecule has 1 heterocycles. The quantitative estimate of drug-likeness (QED) is 0.658. The number of hydrogen-bond acceptors (Lipinski definition) is 5. The van der Waals surface area contributed by atoms with E-state index in [0.29, 0.717) is 23.7 Å². The van der Waals surface area contributed by atoms with E-state index in [1.54, 1.807) is 6.07 Å². The molecule has 1 aliphatic rings. The van der Waals surface area contributed by atoms with E-state index in [0.717, 1.165) is 13.1 Å². The molecule has 0 aromatic heterocycles. The second-order valence-electron chi connectivity index (χ2n) is 6.60. The third-order valence-corrected chi connectivity index (χ3v) is 4.59. The summed E-state index contributed by atoms with van der Waals surface area (Å²) in [6, 6.07) is 4.16. The van der Waals surface area contributed by atoms with Crippen molar-refractivity contribution in [3.63, 3.8) is 0 Å². The zero-order valence-corrected chi connectivity index (χ0v) is 17.1. The number of rotatable bonds is 7. The molecule has 2 rings (SSSR count). The van der Waals surface area contributed by atoms with Gasteiger partial charge in [0.2, 0.25) is 0 Å². The summed E-state index contributed by atoms with van der Waals surface area (Å²) in [5, 5.41) is 9.44. The zero-order valence-electron chi connectivity index (χ0n) is 16.2. The number of carbonyl (C=O) groups is 2. The first-order chi connectivity index (χ1) is 13.1. The molecule has 29 heavy (non-hydrogen) atoms. The summed E-state index contributed by atoms with van der Waals surface area (Å²) in [6.07, 6.45) is -4.98. The van der Waals surface area contributed by atoms with Gasteiger partial charge in [-0.25, -0.2) is 4.79 Å². The van der Waals surface area contributed by atoms with E-state index < -0.39 is 18.1 Å². The number of carboxylic acids is 1. The minimum Gasteiger partial charge on any atom is -0.478 e. The molecule has 0 bridgehead atoms. The number of ether oxygens (including phenoxy) is 1. The van der Waals surface area contributed by atoms with E-state index in [1.807, 2.05) is 11.9 Å². The molecule has 1 aliphatic heterocycles. The molecule has 0 unspecified atom stereocenters. The fraction of sp³-hybridized carbons (Fsp3) is 0.556. The maximum atomic E-state index is 13.1. The van der Waals surface area contributed by atoms with Crippen molar-refractivity contribution < 1.29 is 32.6 Å². The van der Waals surface area contributed by atoms with Gasteiger partial charge in [0.05, 0.1) is 11.3 Å². The lowest BCUT2D eigenvalue weighted by Gasteiger charge is -2.35. The van der Waals surface area contributed by atoms with Gasteiger partial charge in [-0.2, -0.15) is 13.2 Å². The number of amides is 1. The molecular formula is C18H25ClF3N3O4. The van der Waals surface area contributed by atoms with Gasteiger partial charge in [0.25, 0.3) is 0 Å². The number of carbonyl (C=O) groups excluding carboxylic acids is 1. The average molecular weight is 440 g/mol. The zero-order chi connectivity index (χ0) is 20.9. The van der Waals surface area contributed by atoms with Crippen LogP contribution in [0, 0.1) is 0 Å². The van der Waals surface area contributed by atoms with Crippen molar-refractivity contribution in [3.8, 4) is 0 Å². The summed E-state index contributed by atoms with van der Waals surface area (Å²) in [5.41, 5.74) is -0.0323. The molecule has 1 amide bonds. The number of nitrogens with zero attached hydrogens (tertiary/aromatic N) is 3. The smallest absolute Gasteiger partial charge is 0.471 e. The van der Waals surface area contributed by atoms with Gasteiger partial charge < -0.3 is 24.5 Å². The van der Waals surface area contributed by atoms with Gasteiger partial charge in [0, 0.05) is 52.1 Å². The Morgan fingerprint density at radius 1 is 1.21 bits per heavy atom. The summed E-state index contributed by atoms with van der Waals surface area (Å²) in [4.78, 5) is 28.2. The third-order valence-electron chi connectivity index (χ3n) is 4.59. The Morgan fingerprint density at radius 3 is 2.34 bits per heavy atom. The second kappa shape index (κ2) is 10.7. The van der Waals surface area contributed by atoms with Crippen LogP contribution in [0.1, 0.15) is 16.8 Å². The molecule has 1 aromatic carbocycles. The standard InChI is InChI=1S/C18H24F3N3O4.ClH/c1-22-7-9-23(10-8-22)13-4-5-14(16(25)26)15(12-13)24(6-3-11-28-2)17(27)18(19,20)21;/h4-5,12H,3,6-11H2,1-2H3,(H,25,26);1H. The summed E-state index contributed by atoms with van der Waals surface area (Å²) >= 11 is 0. The summed E-state index contributed by atoms with van der Waals surface area (Å²) in [7, 11) is 3.36. The van der Waals surface area contributed by atoms with Crippen LogP contribution in [-0.2, 0) is 9.53 Å². The molecule has 7 nitrogen and oxygen atoms in total. The van der Waals surface area contributed by atoms with Crippen molar-refractivity contribution >= 4 is 35.7 Å². The Labute approximate surface area is 173 Å². The number of carboxylic acid groups (broad SMARTS) is 1. The SMILES string of the molecule is COCCCN(C(=O)C(F)(F)F)c1cc(N2CCN(C)CC2)ccc1C(=O)O.Cl. The van der Waals surface area contributed by atoms with Crippen LogP contribution >= 0.6 is 12.4 Å². The highest BCUT2D eigenvalue weighted by atomic mass is 35.5. The van der Waals surface area contributed by atoms with Crippen molar-refractivity contribution in [2.45, 2.75) is 12.6 Å². The van der Waals surface area contributed by atoms with Crippen LogP contribution in [0.3, 0.4) is 0 Å². The van der Waals surface area contributed by atoms with Gasteiger partial charge in [0.15, 0.2) is 0 Å². The number of benzene rings is 1. The van der Waals surface area contributed by atoms with Gasteiger partial charge in [-0.1, -0.05) is 0 Å². The van der Waals surface area contributed by atoms with Crippen LogP contribution in [-0.4, -0.2) is 81.5 Å². The monoisotopic (exact) mass is 439 g/mol. The molecule has 0 aliphatic carbocycles. The fourth-order valence-electron chi connectivity index (χ4n) is 3.04. The van der Waals surface area contributed by atoms with E-state index in [2.05, 4.69) is 4.90 Å². The van der Waals surface area contributed by atoms with Crippen molar-refractivity contribution in [1.82, 2.24) is 4.90 Å². The van der Waals surface area contributed by atoms with Crippen LogP contribution in [0.4, 0.5) is 24.5 Å². The number of anilines is 2. The Morgan fingerprint density at radius 2 is 1.83 bits per heavy atom. The number of methoxy groups -OCH3 is 1. The van der Waals surface area contributed by atoms with Crippen molar-refractivity contribution in [2.75, 3.05) is 63.3 Å². The van der Waals surface area contributed by atoms with E-state index in [1.165, 1.54) is 19.2 Å². The first-order valence-electron chi connectivity index (χ1n) is 8.83. The van der Waals surface area contributed by atoms with Gasteiger partial charge in [-0.3, -0.25) is 4.79 Å². The van der Waals surface area contributed by atoms with Crippen molar-refractivity contribution in [3.05, 3.63) is 23.8 Å². The van der Waals surface area contributed by atoms with Crippen molar-refractivity contribution in [1.29, 1.82) is 0 Å². The molecule has 1 N–H and O–H groups in total. The minimum atomic E-state index is -5.12. The molecular weight excluding hydrogens is 415 g/mol. The molecule has 164 valence electrons. The topological polar surface area (TPSA) is 73.3 Å². The Hall–Kier alpha value is -2.04. The Bertz CT molecular complexity index is 710. The van der Waals surface area contributed by atoms with Gasteiger partial charge in [0.1, 0.15) is 0 Å². The van der Waals surface area contributed by atoms with Crippen molar-refractivity contribution in [2.24, 2.45) is 0 Å². The van der Waals surface area contributed by atoms with Gasteiger partial charge in [-0.05, 0) is 31.7 Å². The average Bonchev–Trinajstić information content (AvgIpc) is 2.64. The van der Waals surface area contributed by atoms with Gasteiger partial charge in [-0.15, -0.1) is 12.4 Å². The summed E-state index contributed by atoms with van der Waals surface area (Å²) in [5.74, 6) is -3.49. The van der Waals surface area contributed by atoms with Crippen LogP contribution in [0.15, 0.2) is 18.2 Å². The maximum Gasteiger partial charge on any atom is 0.471 e. The highest BCUT2D eigenvalue weighted by Gasteiger charge is 2.43. The van der Waals surface area contributed by atoms with Crippen LogP contribution < -0.4 is 9.80 Å². The highest BCUT2D eigenvalue weighted by Crippen LogP contribution is 2.31. The Kier molecular flexibility index (Phi) is 9.18. The Balaban J connectivity index is 0.00000420. The van der Waals surface area contributed by atoms with E-state index in [4.69, 9.17) is 4.74 Å². The van der Waals surface area contributed by atoms with E-state index in [-0.39, 0.29) is 43.2 Å². The number of aromatic carboxylic acids is 1. The van der Waals surface area contributed by atoms with E-state index in [9.17, 15) is 27.9 Å². The number of halogens is 4. The lowest BCUT2D eigenvalue weighted by atomic mass is 10.1. The lowest BCUT2D eigenvalue weighted by molar-refractivity contribution is -0.170. The molecule has 1 aromatic rings. The maximum absolute atomic E-state index is 13.1. The number of hydrogen-bond donors (Lipinski definition) is 1. The molecule has 0 atom stereocenters. The molecule has 0 saturated carbocycles. The fourth-order valence-corrected chi connectivity index (χ4v) is 3.04. The van der Waals surface area contributed by atoms with E-state index >= 15 is 0 Å². The van der Waals surface area contributed by atoms with Gasteiger partial charge >= 0.3 is 18.1 Å². The lowest BCUT2D eigenvalue weighted by Crippen LogP contribution is -2.45. The third kappa shape index (κ3) is 6.48. The molecule has 1 fully saturated rings. The molecule has 11 heteroatoms. The largest absolute Gasteiger partial charge is 0.478 e. The predicted octanol–water partition coefficient (Wildman–Crippen LogP) is 2.49. The second-order valence-corrected chi connectivity index (χ2v) is 6.60. The number of alkyl halides is 3. The first-order valence-corrected chi connectivity index (χ1v) is 8.83. The number of likely N-dealkylation sites (N-methyl/N-ethyl adjacent to an activating group) is 1. The van der Waals surface area contributed by atoms with Crippen LogP contribution in [0.5, 0.6) is 0 Å². The predicted molar refractivity (Wildman–Crippen MR) is 105 cm³/mol. The van der Waals surface area contributed by atoms with Crippen LogP contribution in [0.25, 0.3) is 0 Å². The molecule has 0 spiro atoms.